The molecule has 0 aliphatic carbocycles. The van der Waals surface area contributed by atoms with Gasteiger partial charge in [0, 0.05) is 24.4 Å². The number of aryl methyl sites for hydroxylation is 1. The standard InChI is InChI=1S/C16H21N3O/c1-11-9-18-14(12(2)16(11)20-4)10-19(3)15-8-6-5-7-13(15)17/h5-9H,10,17H2,1-4H3. The number of ether oxygens (including phenoxy) is 1. The minimum atomic E-state index is 0.691. The molecule has 0 fully saturated rings. The third kappa shape index (κ3) is 2.69. The molecule has 1 aromatic carbocycles. The molecule has 0 radical (unpaired) electrons. The first-order valence-corrected chi connectivity index (χ1v) is 6.59. The summed E-state index contributed by atoms with van der Waals surface area (Å²) in [7, 11) is 3.71. The second kappa shape index (κ2) is 5.82. The Morgan fingerprint density at radius 1 is 1.25 bits per heavy atom. The van der Waals surface area contributed by atoms with Crippen molar-refractivity contribution in [3.8, 4) is 5.75 Å². The fraction of sp³-hybridized carbons (Fsp3) is 0.312. The van der Waals surface area contributed by atoms with Crippen molar-refractivity contribution in [3.05, 3.63) is 47.3 Å². The maximum atomic E-state index is 6.01. The van der Waals surface area contributed by atoms with Crippen LogP contribution < -0.4 is 15.4 Å². The zero-order valence-corrected chi connectivity index (χ0v) is 12.5. The first kappa shape index (κ1) is 14.2. The highest BCUT2D eigenvalue weighted by atomic mass is 16.5. The van der Waals surface area contributed by atoms with Gasteiger partial charge in [-0.3, -0.25) is 4.98 Å². The van der Waals surface area contributed by atoms with Gasteiger partial charge in [-0.1, -0.05) is 12.1 Å². The molecule has 0 bridgehead atoms. The van der Waals surface area contributed by atoms with E-state index in [1.54, 1.807) is 7.11 Å². The van der Waals surface area contributed by atoms with Gasteiger partial charge < -0.3 is 15.4 Å². The van der Waals surface area contributed by atoms with Crippen LogP contribution in [0.3, 0.4) is 0 Å². The minimum absolute atomic E-state index is 0.691. The van der Waals surface area contributed by atoms with Gasteiger partial charge in [-0.15, -0.1) is 0 Å². The van der Waals surface area contributed by atoms with Crippen LogP contribution in [0.4, 0.5) is 11.4 Å². The lowest BCUT2D eigenvalue weighted by Gasteiger charge is -2.22. The second-order valence-corrected chi connectivity index (χ2v) is 4.96. The monoisotopic (exact) mass is 271 g/mol. The highest BCUT2D eigenvalue weighted by molar-refractivity contribution is 5.67. The van der Waals surface area contributed by atoms with E-state index in [1.807, 2.05) is 51.4 Å². The number of pyridine rings is 1. The number of nitrogen functional groups attached to an aromatic ring is 1. The summed E-state index contributed by atoms with van der Waals surface area (Å²) in [6.45, 7) is 4.73. The van der Waals surface area contributed by atoms with E-state index in [0.717, 1.165) is 33.9 Å². The number of hydrogen-bond acceptors (Lipinski definition) is 4. The van der Waals surface area contributed by atoms with Crippen LogP contribution in [0.5, 0.6) is 5.75 Å². The molecule has 0 aliphatic heterocycles. The predicted molar refractivity (Wildman–Crippen MR) is 83.2 cm³/mol. The summed E-state index contributed by atoms with van der Waals surface area (Å²) in [6, 6.07) is 7.83. The Morgan fingerprint density at radius 3 is 2.60 bits per heavy atom. The molecule has 2 N–H and O–H groups in total. The van der Waals surface area contributed by atoms with Gasteiger partial charge in [0.25, 0.3) is 0 Å². The van der Waals surface area contributed by atoms with Crippen LogP contribution in [-0.2, 0) is 6.54 Å². The molecule has 1 aromatic heterocycles. The lowest BCUT2D eigenvalue weighted by molar-refractivity contribution is 0.407. The topological polar surface area (TPSA) is 51.4 Å². The SMILES string of the molecule is COc1c(C)cnc(CN(C)c2ccccc2N)c1C. The summed E-state index contributed by atoms with van der Waals surface area (Å²) in [5.41, 5.74) is 10.9. The van der Waals surface area contributed by atoms with Crippen LogP contribution in [0.15, 0.2) is 30.5 Å². The summed E-state index contributed by atoms with van der Waals surface area (Å²) in [4.78, 5) is 6.62. The lowest BCUT2D eigenvalue weighted by atomic mass is 10.1. The Hall–Kier alpha value is -2.23. The zero-order valence-electron chi connectivity index (χ0n) is 12.5. The van der Waals surface area contributed by atoms with Crippen molar-refractivity contribution in [2.45, 2.75) is 20.4 Å². The van der Waals surface area contributed by atoms with Crippen LogP contribution in [0.2, 0.25) is 0 Å². The van der Waals surface area contributed by atoms with Crippen LogP contribution >= 0.6 is 0 Å². The van der Waals surface area contributed by atoms with Crippen molar-refractivity contribution in [1.29, 1.82) is 0 Å². The van der Waals surface area contributed by atoms with Crippen LogP contribution in [0.25, 0.3) is 0 Å². The minimum Gasteiger partial charge on any atom is -0.496 e. The molecular weight excluding hydrogens is 250 g/mol. The number of nitrogens with zero attached hydrogens (tertiary/aromatic N) is 2. The van der Waals surface area contributed by atoms with Gasteiger partial charge in [-0.25, -0.2) is 0 Å². The van der Waals surface area contributed by atoms with Gasteiger partial charge in [0.2, 0.25) is 0 Å². The van der Waals surface area contributed by atoms with Crippen LogP contribution in [0.1, 0.15) is 16.8 Å². The predicted octanol–water partition coefficient (Wildman–Crippen LogP) is 2.93. The van der Waals surface area contributed by atoms with E-state index in [9.17, 15) is 0 Å². The molecule has 0 saturated carbocycles. The number of anilines is 2. The molecule has 0 spiro atoms. The second-order valence-electron chi connectivity index (χ2n) is 4.96. The maximum absolute atomic E-state index is 6.01. The zero-order chi connectivity index (χ0) is 14.7. The normalized spacial score (nSPS) is 10.4. The van der Waals surface area contributed by atoms with Crippen LogP contribution in [-0.4, -0.2) is 19.1 Å². The van der Waals surface area contributed by atoms with E-state index in [0.29, 0.717) is 6.54 Å². The van der Waals surface area contributed by atoms with E-state index < -0.39 is 0 Å². The average molecular weight is 271 g/mol. The fourth-order valence-electron chi connectivity index (χ4n) is 2.38. The molecule has 4 heteroatoms. The molecule has 106 valence electrons. The molecule has 20 heavy (non-hydrogen) atoms. The summed E-state index contributed by atoms with van der Waals surface area (Å²) in [6.07, 6.45) is 1.85. The number of benzene rings is 1. The van der Waals surface area contributed by atoms with E-state index in [2.05, 4.69) is 9.88 Å². The number of hydrogen-bond donors (Lipinski definition) is 1. The van der Waals surface area contributed by atoms with Gasteiger partial charge in [0.15, 0.2) is 0 Å². The van der Waals surface area contributed by atoms with Crippen molar-refractivity contribution in [2.24, 2.45) is 0 Å². The summed E-state index contributed by atoms with van der Waals surface area (Å²) in [5, 5.41) is 0. The third-order valence-corrected chi connectivity index (χ3v) is 3.48. The third-order valence-electron chi connectivity index (χ3n) is 3.48. The van der Waals surface area contributed by atoms with E-state index in [-0.39, 0.29) is 0 Å². The summed E-state index contributed by atoms with van der Waals surface area (Å²) in [5.74, 6) is 0.907. The Bertz CT molecular complexity index is 611. The molecule has 2 aromatic rings. The maximum Gasteiger partial charge on any atom is 0.128 e. The Balaban J connectivity index is 2.29. The van der Waals surface area contributed by atoms with E-state index in [1.165, 1.54) is 0 Å². The van der Waals surface area contributed by atoms with Crippen molar-refractivity contribution in [3.63, 3.8) is 0 Å². The first-order chi connectivity index (χ1) is 9.54. The van der Waals surface area contributed by atoms with Gasteiger partial charge in [-0.05, 0) is 26.0 Å². The number of rotatable bonds is 4. The molecule has 0 aliphatic rings. The molecular formula is C16H21N3O. The summed E-state index contributed by atoms with van der Waals surface area (Å²) >= 11 is 0. The van der Waals surface area contributed by atoms with Gasteiger partial charge in [0.05, 0.1) is 30.7 Å². The van der Waals surface area contributed by atoms with Gasteiger partial charge in [0.1, 0.15) is 5.75 Å². The average Bonchev–Trinajstić information content (AvgIpc) is 2.43. The van der Waals surface area contributed by atoms with Gasteiger partial charge in [-0.2, -0.15) is 0 Å². The Labute approximate surface area is 120 Å². The van der Waals surface area contributed by atoms with Crippen molar-refractivity contribution >= 4 is 11.4 Å². The number of nitrogens with two attached hydrogens (primary N) is 1. The summed E-state index contributed by atoms with van der Waals surface area (Å²) < 4.78 is 5.44. The molecule has 2 rings (SSSR count). The largest absolute Gasteiger partial charge is 0.496 e. The van der Waals surface area contributed by atoms with E-state index in [4.69, 9.17) is 10.5 Å². The van der Waals surface area contributed by atoms with Crippen LogP contribution in [0, 0.1) is 13.8 Å². The molecule has 4 nitrogen and oxygen atoms in total. The Morgan fingerprint density at radius 2 is 1.95 bits per heavy atom. The highest BCUT2D eigenvalue weighted by Gasteiger charge is 2.12. The number of methoxy groups -OCH3 is 1. The molecule has 0 unspecified atom stereocenters. The number of aromatic nitrogens is 1. The van der Waals surface area contributed by atoms with Crippen molar-refractivity contribution < 1.29 is 4.74 Å². The molecule has 0 amide bonds. The van der Waals surface area contributed by atoms with Crippen molar-refractivity contribution in [2.75, 3.05) is 24.8 Å². The molecule has 0 saturated heterocycles. The molecule has 0 atom stereocenters. The quantitative estimate of drug-likeness (QED) is 0.869. The fourth-order valence-corrected chi connectivity index (χ4v) is 2.38. The van der Waals surface area contributed by atoms with Crippen molar-refractivity contribution in [1.82, 2.24) is 4.98 Å². The molecule has 1 heterocycles. The Kier molecular flexibility index (Phi) is 4.13. The van der Waals surface area contributed by atoms with E-state index >= 15 is 0 Å². The highest BCUT2D eigenvalue weighted by Crippen LogP contribution is 2.27. The lowest BCUT2D eigenvalue weighted by Crippen LogP contribution is -2.19. The first-order valence-electron chi connectivity index (χ1n) is 6.59. The smallest absolute Gasteiger partial charge is 0.128 e. The van der Waals surface area contributed by atoms with Gasteiger partial charge >= 0.3 is 0 Å². The number of para-hydroxylation sites is 2.